The lowest BCUT2D eigenvalue weighted by atomic mass is 9.93. The van der Waals surface area contributed by atoms with Gasteiger partial charge in [0.15, 0.2) is 0 Å². The molecule has 0 radical (unpaired) electrons. The Bertz CT molecular complexity index is 633. The van der Waals surface area contributed by atoms with Gasteiger partial charge in [-0.25, -0.2) is 0 Å². The van der Waals surface area contributed by atoms with E-state index in [4.69, 9.17) is 0 Å². The summed E-state index contributed by atoms with van der Waals surface area (Å²) in [5, 5.41) is 27.4. The first-order chi connectivity index (χ1) is 10.5. The summed E-state index contributed by atoms with van der Waals surface area (Å²) in [4.78, 5) is 0. The second-order valence-corrected chi connectivity index (χ2v) is 7.72. The Labute approximate surface area is 136 Å². The summed E-state index contributed by atoms with van der Waals surface area (Å²) in [6.07, 6.45) is 2.11. The average Bonchev–Trinajstić information content (AvgIpc) is 3.25. The normalized spacial score (nSPS) is 20.7. The maximum atomic E-state index is 10.3. The summed E-state index contributed by atoms with van der Waals surface area (Å²) >= 11 is 1.76. The molecule has 2 aromatic rings. The molecule has 3 N–H and O–H groups in total. The van der Waals surface area contributed by atoms with Gasteiger partial charge in [0, 0.05) is 23.7 Å². The predicted octanol–water partition coefficient (Wildman–Crippen LogP) is 3.46. The molecule has 1 saturated carbocycles. The molecule has 22 heavy (non-hydrogen) atoms. The quantitative estimate of drug-likeness (QED) is 0.732. The van der Waals surface area contributed by atoms with Crippen molar-refractivity contribution in [3.8, 4) is 0 Å². The van der Waals surface area contributed by atoms with Gasteiger partial charge in [0.2, 0.25) is 0 Å². The zero-order valence-electron chi connectivity index (χ0n) is 13.2. The highest BCUT2D eigenvalue weighted by Crippen LogP contribution is 2.41. The molecule has 3 atom stereocenters. The second kappa shape index (κ2) is 6.28. The Morgan fingerprint density at radius 3 is 2.82 bits per heavy atom. The predicted molar refractivity (Wildman–Crippen MR) is 92.2 cm³/mol. The Morgan fingerprint density at radius 1 is 1.36 bits per heavy atom. The van der Waals surface area contributed by atoms with E-state index in [1.807, 2.05) is 6.92 Å². The third kappa shape index (κ3) is 3.51. The molecular weight excluding hydrogens is 294 g/mol. The highest BCUT2D eigenvalue weighted by Gasteiger charge is 2.40. The first-order valence-corrected chi connectivity index (χ1v) is 8.95. The Hall–Kier alpha value is -0.940. The van der Waals surface area contributed by atoms with Crippen molar-refractivity contribution in [1.29, 1.82) is 0 Å². The molecule has 0 aliphatic heterocycles. The average molecular weight is 319 g/mol. The summed E-state index contributed by atoms with van der Waals surface area (Å²) < 4.78 is 1.29. The number of rotatable bonds is 7. The van der Waals surface area contributed by atoms with Gasteiger partial charge in [-0.3, -0.25) is 0 Å². The molecule has 1 aromatic heterocycles. The number of nitrogens with one attached hydrogen (secondary N) is 1. The lowest BCUT2D eigenvalue weighted by Gasteiger charge is -2.27. The third-order valence-electron chi connectivity index (χ3n) is 4.74. The van der Waals surface area contributed by atoms with Crippen LogP contribution in [0, 0.1) is 5.92 Å². The van der Waals surface area contributed by atoms with Crippen molar-refractivity contribution in [3.63, 3.8) is 0 Å². The van der Waals surface area contributed by atoms with Crippen molar-refractivity contribution in [1.82, 2.24) is 5.32 Å². The molecule has 1 aromatic carbocycles. The summed E-state index contributed by atoms with van der Waals surface area (Å²) in [6, 6.07) is 8.60. The highest BCUT2D eigenvalue weighted by atomic mass is 32.1. The summed E-state index contributed by atoms with van der Waals surface area (Å²) in [5.74, 6) is 0.375. The molecule has 3 nitrogen and oxygen atoms in total. The van der Waals surface area contributed by atoms with Crippen LogP contribution in [0.15, 0.2) is 29.6 Å². The zero-order chi connectivity index (χ0) is 15.7. The van der Waals surface area contributed by atoms with Gasteiger partial charge in [-0.05, 0) is 55.0 Å². The first kappa shape index (κ1) is 15.9. The Kier molecular flexibility index (Phi) is 4.55. The topological polar surface area (TPSA) is 52.5 Å². The maximum Gasteiger partial charge on any atom is 0.0692 e. The lowest BCUT2D eigenvalue weighted by molar-refractivity contribution is -0.0134. The van der Waals surface area contributed by atoms with Gasteiger partial charge < -0.3 is 15.5 Å². The van der Waals surface area contributed by atoms with E-state index in [2.05, 4.69) is 41.9 Å². The van der Waals surface area contributed by atoms with Crippen molar-refractivity contribution >= 4 is 21.4 Å². The fourth-order valence-electron chi connectivity index (χ4n) is 3.18. The van der Waals surface area contributed by atoms with Gasteiger partial charge in [0.1, 0.15) is 0 Å². The van der Waals surface area contributed by atoms with Crippen LogP contribution >= 0.6 is 11.3 Å². The van der Waals surface area contributed by atoms with Gasteiger partial charge >= 0.3 is 0 Å². The van der Waals surface area contributed by atoms with Crippen LogP contribution in [0.1, 0.15) is 44.7 Å². The lowest BCUT2D eigenvalue weighted by Crippen LogP contribution is -2.37. The minimum absolute atomic E-state index is 0.191. The van der Waals surface area contributed by atoms with E-state index in [0.29, 0.717) is 18.9 Å². The summed E-state index contributed by atoms with van der Waals surface area (Å²) in [6.45, 7) is 4.48. The first-order valence-electron chi connectivity index (χ1n) is 8.07. The highest BCUT2D eigenvalue weighted by molar-refractivity contribution is 7.17. The molecule has 0 bridgehead atoms. The molecule has 1 heterocycles. The second-order valence-electron chi connectivity index (χ2n) is 6.81. The number of hydrogen-bond acceptors (Lipinski definition) is 4. The molecule has 1 aliphatic rings. The van der Waals surface area contributed by atoms with E-state index < -0.39 is 11.7 Å². The summed E-state index contributed by atoms with van der Waals surface area (Å²) in [7, 11) is 0. The van der Waals surface area contributed by atoms with Crippen LogP contribution in [-0.4, -0.2) is 28.5 Å². The van der Waals surface area contributed by atoms with Crippen molar-refractivity contribution in [2.24, 2.45) is 5.92 Å². The van der Waals surface area contributed by atoms with Gasteiger partial charge in [-0.2, -0.15) is 0 Å². The van der Waals surface area contributed by atoms with Crippen LogP contribution in [0.5, 0.6) is 0 Å². The van der Waals surface area contributed by atoms with Gasteiger partial charge in [0.05, 0.1) is 11.7 Å². The van der Waals surface area contributed by atoms with Crippen LogP contribution in [0.3, 0.4) is 0 Å². The van der Waals surface area contributed by atoms with Crippen molar-refractivity contribution < 1.29 is 10.2 Å². The van der Waals surface area contributed by atoms with Crippen LogP contribution in [-0.2, 0) is 0 Å². The molecule has 1 aliphatic carbocycles. The number of fused-ring (bicyclic) bond motifs is 1. The number of aliphatic hydroxyl groups is 2. The van der Waals surface area contributed by atoms with Gasteiger partial charge in [-0.15, -0.1) is 11.3 Å². The SMILES string of the molecule is CC(NCC(O)CC(C)(O)C1CC1)c1csc2ccccc12. The van der Waals surface area contributed by atoms with E-state index >= 15 is 0 Å². The molecule has 3 unspecified atom stereocenters. The van der Waals surface area contributed by atoms with Crippen molar-refractivity contribution in [3.05, 3.63) is 35.2 Å². The Balaban J connectivity index is 1.56. The third-order valence-corrected chi connectivity index (χ3v) is 5.72. The van der Waals surface area contributed by atoms with E-state index in [0.717, 1.165) is 12.8 Å². The molecule has 1 fully saturated rings. The minimum Gasteiger partial charge on any atom is -0.392 e. The maximum absolute atomic E-state index is 10.3. The number of hydrogen-bond donors (Lipinski definition) is 3. The van der Waals surface area contributed by atoms with E-state index in [9.17, 15) is 10.2 Å². The number of thiophene rings is 1. The van der Waals surface area contributed by atoms with Crippen molar-refractivity contribution in [2.75, 3.05) is 6.54 Å². The van der Waals surface area contributed by atoms with E-state index in [1.165, 1.54) is 15.6 Å². The van der Waals surface area contributed by atoms with Gasteiger partial charge in [-0.1, -0.05) is 18.2 Å². The van der Waals surface area contributed by atoms with Crippen LogP contribution in [0.25, 0.3) is 10.1 Å². The fraction of sp³-hybridized carbons (Fsp3) is 0.556. The zero-order valence-corrected chi connectivity index (χ0v) is 14.1. The van der Waals surface area contributed by atoms with Crippen LogP contribution < -0.4 is 5.32 Å². The monoisotopic (exact) mass is 319 g/mol. The van der Waals surface area contributed by atoms with Gasteiger partial charge in [0.25, 0.3) is 0 Å². The summed E-state index contributed by atoms with van der Waals surface area (Å²) in [5.41, 5.74) is 0.557. The van der Waals surface area contributed by atoms with Crippen molar-refractivity contribution in [2.45, 2.75) is 50.9 Å². The fourth-order valence-corrected chi connectivity index (χ4v) is 4.23. The molecular formula is C18H25NO2S. The number of benzene rings is 1. The van der Waals surface area contributed by atoms with Crippen LogP contribution in [0.4, 0.5) is 0 Å². The van der Waals surface area contributed by atoms with Crippen LogP contribution in [0.2, 0.25) is 0 Å². The smallest absolute Gasteiger partial charge is 0.0692 e. The number of aliphatic hydroxyl groups excluding tert-OH is 1. The van der Waals surface area contributed by atoms with E-state index in [1.54, 1.807) is 11.3 Å². The molecule has 120 valence electrons. The molecule has 0 spiro atoms. The molecule has 4 heteroatoms. The Morgan fingerprint density at radius 2 is 2.09 bits per heavy atom. The minimum atomic E-state index is -0.723. The molecule has 3 rings (SSSR count). The van der Waals surface area contributed by atoms with E-state index in [-0.39, 0.29) is 6.04 Å². The standard InChI is InChI=1S/C18H25NO2S/c1-12(16-11-22-17-6-4-3-5-15(16)17)19-10-14(20)9-18(2,21)13-7-8-13/h3-6,11-14,19-21H,7-10H2,1-2H3. The largest absolute Gasteiger partial charge is 0.392 e. The molecule has 0 saturated heterocycles. The molecule has 0 amide bonds.